The average molecular weight is 621 g/mol. The van der Waals surface area contributed by atoms with Gasteiger partial charge in [-0.15, -0.1) is 0 Å². The Morgan fingerprint density at radius 2 is 1.66 bits per heavy atom. The molecule has 3 atom stereocenters. The van der Waals surface area contributed by atoms with Crippen LogP contribution in [0.25, 0.3) is 0 Å². The normalized spacial score (nSPS) is 19.6. The van der Waals surface area contributed by atoms with Crippen LogP contribution in [0.3, 0.4) is 0 Å². The molecule has 0 fully saturated rings. The van der Waals surface area contributed by atoms with Gasteiger partial charge in [-0.05, 0) is 54.3 Å². The molecule has 0 bridgehead atoms. The summed E-state index contributed by atoms with van der Waals surface area (Å²) in [6.45, 7) is 4.31. The smallest absolute Gasteiger partial charge is 0.255 e. The van der Waals surface area contributed by atoms with Gasteiger partial charge in [0.2, 0.25) is 17.7 Å². The predicted octanol–water partition coefficient (Wildman–Crippen LogP) is 3.80. The highest BCUT2D eigenvalue weighted by molar-refractivity contribution is 6.30. The van der Waals surface area contributed by atoms with E-state index in [1.165, 1.54) is 0 Å². The topological polar surface area (TPSA) is 135 Å². The van der Waals surface area contributed by atoms with Crippen molar-refractivity contribution in [3.05, 3.63) is 95.0 Å². The van der Waals surface area contributed by atoms with E-state index in [9.17, 15) is 19.2 Å². The molecule has 3 aromatic rings. The molecule has 44 heavy (non-hydrogen) atoms. The highest BCUT2D eigenvalue weighted by atomic mass is 35.5. The van der Waals surface area contributed by atoms with Gasteiger partial charge in [0.25, 0.3) is 5.91 Å². The van der Waals surface area contributed by atoms with Crippen LogP contribution in [-0.2, 0) is 14.4 Å². The quantitative estimate of drug-likeness (QED) is 0.297. The summed E-state index contributed by atoms with van der Waals surface area (Å²) < 4.78 is 11.7. The van der Waals surface area contributed by atoms with Crippen molar-refractivity contribution in [2.75, 3.05) is 19.8 Å². The second-order valence-corrected chi connectivity index (χ2v) is 11.2. The van der Waals surface area contributed by atoms with Crippen molar-refractivity contribution in [3.8, 4) is 11.5 Å². The van der Waals surface area contributed by atoms with Gasteiger partial charge in [0, 0.05) is 11.4 Å². The molecule has 0 saturated heterocycles. The minimum absolute atomic E-state index is 0.0117. The van der Waals surface area contributed by atoms with Gasteiger partial charge in [-0.25, -0.2) is 0 Å². The third-order valence-electron chi connectivity index (χ3n) is 7.15. The number of hydrogen-bond donors (Lipinski definition) is 4. The summed E-state index contributed by atoms with van der Waals surface area (Å²) >= 11 is 5.91. The fraction of sp³-hybridized carbons (Fsp3) is 0.333. The summed E-state index contributed by atoms with van der Waals surface area (Å²) in [4.78, 5) is 53.3. The van der Waals surface area contributed by atoms with Crippen molar-refractivity contribution < 1.29 is 28.7 Å². The maximum Gasteiger partial charge on any atom is 0.255 e. The maximum atomic E-state index is 13.5. The van der Waals surface area contributed by atoms with Gasteiger partial charge in [0.15, 0.2) is 0 Å². The number of ether oxygens (including phenoxy) is 2. The number of para-hydroxylation sites is 1. The first kappa shape index (κ1) is 32.3. The largest absolute Gasteiger partial charge is 0.492 e. The number of fused-ring (bicyclic) bond motifs is 1. The Bertz CT molecular complexity index is 1430. The molecule has 1 heterocycles. The number of amides is 4. The lowest BCUT2D eigenvalue weighted by Gasteiger charge is -2.26. The van der Waals surface area contributed by atoms with E-state index in [2.05, 4.69) is 21.3 Å². The molecule has 0 aliphatic carbocycles. The molecule has 4 rings (SSSR count). The summed E-state index contributed by atoms with van der Waals surface area (Å²) in [7, 11) is 0. The molecule has 10 nitrogen and oxygen atoms in total. The minimum Gasteiger partial charge on any atom is -0.492 e. The molecule has 0 radical (unpaired) electrons. The first-order valence-corrected chi connectivity index (χ1v) is 14.9. The van der Waals surface area contributed by atoms with E-state index in [-0.39, 0.29) is 50.0 Å². The second kappa shape index (κ2) is 15.8. The zero-order chi connectivity index (χ0) is 31.5. The average Bonchev–Trinajstić information content (AvgIpc) is 3.03. The van der Waals surface area contributed by atoms with Gasteiger partial charge in [-0.3, -0.25) is 19.2 Å². The van der Waals surface area contributed by atoms with Gasteiger partial charge >= 0.3 is 0 Å². The Labute approximate surface area is 261 Å². The lowest BCUT2D eigenvalue weighted by Crippen LogP contribution is -2.49. The van der Waals surface area contributed by atoms with Crippen LogP contribution in [-0.4, -0.2) is 55.5 Å². The van der Waals surface area contributed by atoms with E-state index in [0.29, 0.717) is 22.1 Å². The van der Waals surface area contributed by atoms with Crippen LogP contribution in [0.4, 0.5) is 0 Å². The Hall–Kier alpha value is -4.57. The molecule has 4 amide bonds. The van der Waals surface area contributed by atoms with Crippen molar-refractivity contribution >= 4 is 35.2 Å². The Balaban J connectivity index is 1.54. The number of carbonyl (C=O) groups excluding carboxylic acids is 4. The van der Waals surface area contributed by atoms with E-state index < -0.39 is 35.8 Å². The Kier molecular flexibility index (Phi) is 11.6. The van der Waals surface area contributed by atoms with Crippen molar-refractivity contribution in [1.82, 2.24) is 21.3 Å². The SMILES string of the molecule is CC(C)[C@@H]1COc2ccccc2C(=O)N[C@H](C(=O)NCCOc2ccc(Cl)cc2)CCC(=O)N[C@@H](c2ccccc2)C(=O)N1. The summed E-state index contributed by atoms with van der Waals surface area (Å²) in [5.74, 6) is -0.954. The summed E-state index contributed by atoms with van der Waals surface area (Å²) in [6, 6.07) is 20.0. The maximum absolute atomic E-state index is 13.5. The molecule has 4 N–H and O–H groups in total. The van der Waals surface area contributed by atoms with E-state index >= 15 is 0 Å². The summed E-state index contributed by atoms with van der Waals surface area (Å²) in [6.07, 6.45) is -0.135. The number of halogens is 1. The van der Waals surface area contributed by atoms with Crippen LogP contribution in [0.5, 0.6) is 11.5 Å². The van der Waals surface area contributed by atoms with Gasteiger partial charge in [-0.2, -0.15) is 0 Å². The van der Waals surface area contributed by atoms with Crippen LogP contribution in [0.1, 0.15) is 48.7 Å². The van der Waals surface area contributed by atoms with Crippen LogP contribution in [0.2, 0.25) is 5.02 Å². The molecule has 0 saturated carbocycles. The fourth-order valence-corrected chi connectivity index (χ4v) is 4.71. The zero-order valence-electron chi connectivity index (χ0n) is 24.7. The van der Waals surface area contributed by atoms with Crippen LogP contribution < -0.4 is 30.7 Å². The first-order valence-electron chi connectivity index (χ1n) is 14.5. The molecule has 1 aliphatic heterocycles. The highest BCUT2D eigenvalue weighted by Crippen LogP contribution is 2.21. The van der Waals surface area contributed by atoms with Crippen LogP contribution >= 0.6 is 11.6 Å². The molecule has 3 aromatic carbocycles. The van der Waals surface area contributed by atoms with Gasteiger partial charge < -0.3 is 30.7 Å². The van der Waals surface area contributed by atoms with Gasteiger partial charge in [0.1, 0.15) is 36.8 Å². The Morgan fingerprint density at radius 1 is 0.955 bits per heavy atom. The number of rotatable bonds is 7. The molecule has 11 heteroatoms. The number of benzene rings is 3. The van der Waals surface area contributed by atoms with E-state index in [1.54, 1.807) is 72.8 Å². The highest BCUT2D eigenvalue weighted by Gasteiger charge is 2.29. The number of hydrogen-bond acceptors (Lipinski definition) is 6. The molecule has 0 aromatic heterocycles. The van der Waals surface area contributed by atoms with Crippen molar-refractivity contribution in [2.24, 2.45) is 5.92 Å². The monoisotopic (exact) mass is 620 g/mol. The van der Waals surface area contributed by atoms with Crippen molar-refractivity contribution in [2.45, 2.75) is 44.8 Å². The number of nitrogens with one attached hydrogen (secondary N) is 4. The molecular weight excluding hydrogens is 584 g/mol. The fourth-order valence-electron chi connectivity index (χ4n) is 4.58. The Morgan fingerprint density at radius 3 is 2.39 bits per heavy atom. The lowest BCUT2D eigenvalue weighted by molar-refractivity contribution is -0.130. The molecule has 0 unspecified atom stereocenters. The molecule has 1 aliphatic rings. The van der Waals surface area contributed by atoms with E-state index in [4.69, 9.17) is 21.1 Å². The first-order chi connectivity index (χ1) is 21.2. The molecule has 232 valence electrons. The van der Waals surface area contributed by atoms with Gasteiger partial charge in [-0.1, -0.05) is 67.9 Å². The standard InChI is InChI=1S/C33H37ClN4O6/c1-21(2)27-20-44-28-11-7-6-10-25(28)31(40)36-26(32(41)35-18-19-43-24-14-12-23(34)13-15-24)16-17-29(39)38-30(33(42)37-27)22-8-4-3-5-9-22/h3-15,21,26-27,30H,16-20H2,1-2H3,(H,35,41)(H,36,40)(H,37,42)(H,38,39)/t26-,27-,30-/m0/s1. The van der Waals surface area contributed by atoms with Gasteiger partial charge in [0.05, 0.1) is 18.2 Å². The summed E-state index contributed by atoms with van der Waals surface area (Å²) in [5.41, 5.74) is 0.839. The lowest BCUT2D eigenvalue weighted by atomic mass is 10.0. The van der Waals surface area contributed by atoms with Crippen molar-refractivity contribution in [3.63, 3.8) is 0 Å². The third-order valence-corrected chi connectivity index (χ3v) is 7.40. The van der Waals surface area contributed by atoms with Crippen molar-refractivity contribution in [1.29, 1.82) is 0 Å². The predicted molar refractivity (Wildman–Crippen MR) is 166 cm³/mol. The van der Waals surface area contributed by atoms with Crippen LogP contribution in [0.15, 0.2) is 78.9 Å². The minimum atomic E-state index is -1.05. The van der Waals surface area contributed by atoms with E-state index in [0.717, 1.165) is 0 Å². The third kappa shape index (κ3) is 9.21. The number of carbonyl (C=O) groups is 4. The second-order valence-electron chi connectivity index (χ2n) is 10.7. The van der Waals surface area contributed by atoms with E-state index in [1.807, 2.05) is 19.9 Å². The van der Waals surface area contributed by atoms with Crippen LogP contribution in [0, 0.1) is 5.92 Å². The summed E-state index contributed by atoms with van der Waals surface area (Å²) in [5, 5.41) is 11.9. The molecular formula is C33H37ClN4O6. The molecule has 0 spiro atoms. The zero-order valence-corrected chi connectivity index (χ0v) is 25.4.